The zero-order chi connectivity index (χ0) is 15.4. The molecule has 2 aromatic heterocycles. The highest BCUT2D eigenvalue weighted by atomic mass is 16.1. The fourth-order valence-electron chi connectivity index (χ4n) is 2.59. The number of hydrogen-bond acceptors (Lipinski definition) is 2. The van der Waals surface area contributed by atoms with Crippen molar-refractivity contribution in [1.82, 2.24) is 15.3 Å². The van der Waals surface area contributed by atoms with Gasteiger partial charge in [-0.3, -0.25) is 9.78 Å². The monoisotopic (exact) mass is 293 g/mol. The highest BCUT2D eigenvalue weighted by Crippen LogP contribution is 2.20. The molecular weight excluding hydrogens is 274 g/mol. The quantitative estimate of drug-likeness (QED) is 0.759. The summed E-state index contributed by atoms with van der Waals surface area (Å²) in [6.45, 7) is 2.48. The van der Waals surface area contributed by atoms with Gasteiger partial charge in [-0.25, -0.2) is 0 Å². The lowest BCUT2D eigenvalue weighted by Gasteiger charge is -2.11. The standard InChI is InChI=1S/C18H19N3O/c1-13(18(22)21-11-14-5-4-8-19-10-14)9-15-12-20-17-7-3-2-6-16(15)17/h2-8,10,12-13,20H,9,11H2,1H3,(H,21,22). The molecule has 112 valence electrons. The van der Waals surface area contributed by atoms with E-state index in [1.165, 1.54) is 10.9 Å². The molecular formula is C18H19N3O. The fraction of sp³-hybridized carbons (Fsp3) is 0.222. The van der Waals surface area contributed by atoms with E-state index in [9.17, 15) is 4.79 Å². The first-order valence-electron chi connectivity index (χ1n) is 7.45. The summed E-state index contributed by atoms with van der Waals surface area (Å²) in [4.78, 5) is 19.5. The van der Waals surface area contributed by atoms with E-state index in [-0.39, 0.29) is 11.8 Å². The Hall–Kier alpha value is -2.62. The predicted molar refractivity (Wildman–Crippen MR) is 87.3 cm³/mol. The van der Waals surface area contributed by atoms with E-state index in [1.807, 2.05) is 43.5 Å². The summed E-state index contributed by atoms with van der Waals surface area (Å²) in [6, 6.07) is 12.0. The van der Waals surface area contributed by atoms with Gasteiger partial charge in [-0.2, -0.15) is 0 Å². The summed E-state index contributed by atoms with van der Waals surface area (Å²) < 4.78 is 0. The average Bonchev–Trinajstić information content (AvgIpc) is 2.97. The summed E-state index contributed by atoms with van der Waals surface area (Å²) in [5.41, 5.74) is 3.30. The molecule has 4 heteroatoms. The molecule has 2 N–H and O–H groups in total. The summed E-state index contributed by atoms with van der Waals surface area (Å²) in [7, 11) is 0. The van der Waals surface area contributed by atoms with Gasteiger partial charge >= 0.3 is 0 Å². The van der Waals surface area contributed by atoms with Crippen molar-refractivity contribution < 1.29 is 4.79 Å². The van der Waals surface area contributed by atoms with Crippen LogP contribution in [0.2, 0.25) is 0 Å². The number of nitrogens with one attached hydrogen (secondary N) is 2. The molecule has 0 radical (unpaired) electrons. The van der Waals surface area contributed by atoms with Crippen molar-refractivity contribution in [3.8, 4) is 0 Å². The summed E-state index contributed by atoms with van der Waals surface area (Å²) >= 11 is 0. The van der Waals surface area contributed by atoms with Crippen LogP contribution in [0.15, 0.2) is 55.0 Å². The minimum absolute atomic E-state index is 0.0640. The molecule has 3 aromatic rings. The van der Waals surface area contributed by atoms with Crippen molar-refractivity contribution in [2.24, 2.45) is 5.92 Å². The number of nitrogens with zero attached hydrogens (tertiary/aromatic N) is 1. The van der Waals surface area contributed by atoms with E-state index < -0.39 is 0 Å². The second-order valence-corrected chi connectivity index (χ2v) is 5.54. The predicted octanol–water partition coefficient (Wildman–Crippen LogP) is 3.06. The van der Waals surface area contributed by atoms with E-state index in [0.29, 0.717) is 6.54 Å². The van der Waals surface area contributed by atoms with Crippen LogP contribution in [0.3, 0.4) is 0 Å². The third kappa shape index (κ3) is 3.17. The van der Waals surface area contributed by atoms with Gasteiger partial charge in [-0.1, -0.05) is 31.2 Å². The third-order valence-electron chi connectivity index (χ3n) is 3.84. The van der Waals surface area contributed by atoms with Crippen LogP contribution in [0.25, 0.3) is 10.9 Å². The molecule has 0 aliphatic carbocycles. The van der Waals surface area contributed by atoms with Crippen LogP contribution in [-0.2, 0) is 17.8 Å². The maximum atomic E-state index is 12.2. The van der Waals surface area contributed by atoms with E-state index in [1.54, 1.807) is 12.4 Å². The van der Waals surface area contributed by atoms with Gasteiger partial charge in [0.25, 0.3) is 0 Å². The molecule has 1 atom stereocenters. The second-order valence-electron chi connectivity index (χ2n) is 5.54. The van der Waals surface area contributed by atoms with Crippen molar-refractivity contribution in [2.75, 3.05) is 0 Å². The van der Waals surface area contributed by atoms with Crippen molar-refractivity contribution in [3.63, 3.8) is 0 Å². The minimum Gasteiger partial charge on any atom is -0.361 e. The Labute approximate surface area is 129 Å². The maximum absolute atomic E-state index is 12.2. The molecule has 0 saturated heterocycles. The van der Waals surface area contributed by atoms with Gasteiger partial charge in [0.05, 0.1) is 0 Å². The molecule has 0 spiro atoms. The lowest BCUT2D eigenvalue weighted by molar-refractivity contribution is -0.124. The maximum Gasteiger partial charge on any atom is 0.223 e. The third-order valence-corrected chi connectivity index (χ3v) is 3.84. The number of carbonyl (C=O) groups is 1. The highest BCUT2D eigenvalue weighted by molar-refractivity contribution is 5.84. The first kappa shape index (κ1) is 14.3. The van der Waals surface area contributed by atoms with Gasteiger partial charge in [0, 0.05) is 42.0 Å². The minimum atomic E-state index is -0.0733. The molecule has 22 heavy (non-hydrogen) atoms. The molecule has 1 aromatic carbocycles. The van der Waals surface area contributed by atoms with Gasteiger partial charge < -0.3 is 10.3 Å². The van der Waals surface area contributed by atoms with Crippen LogP contribution in [0.1, 0.15) is 18.1 Å². The normalized spacial score (nSPS) is 12.2. The fourth-order valence-corrected chi connectivity index (χ4v) is 2.59. The Morgan fingerprint density at radius 3 is 2.95 bits per heavy atom. The first-order valence-corrected chi connectivity index (χ1v) is 7.45. The Bertz CT molecular complexity index is 764. The molecule has 1 unspecified atom stereocenters. The molecule has 2 heterocycles. The number of rotatable bonds is 5. The number of aromatic amines is 1. The number of para-hydroxylation sites is 1. The van der Waals surface area contributed by atoms with Crippen LogP contribution in [-0.4, -0.2) is 15.9 Å². The molecule has 0 saturated carbocycles. The van der Waals surface area contributed by atoms with Crippen LogP contribution in [0.5, 0.6) is 0 Å². The number of pyridine rings is 1. The lowest BCUT2D eigenvalue weighted by atomic mass is 10.00. The van der Waals surface area contributed by atoms with E-state index in [2.05, 4.69) is 21.4 Å². The largest absolute Gasteiger partial charge is 0.361 e. The van der Waals surface area contributed by atoms with Crippen molar-refractivity contribution >= 4 is 16.8 Å². The van der Waals surface area contributed by atoms with Crippen LogP contribution in [0, 0.1) is 5.92 Å². The molecule has 0 bridgehead atoms. The Balaban J connectivity index is 1.61. The number of hydrogen-bond donors (Lipinski definition) is 2. The number of aromatic nitrogens is 2. The van der Waals surface area contributed by atoms with Crippen molar-refractivity contribution in [2.45, 2.75) is 19.9 Å². The number of benzene rings is 1. The van der Waals surface area contributed by atoms with Gasteiger partial charge in [-0.15, -0.1) is 0 Å². The summed E-state index contributed by atoms with van der Waals surface area (Å²) in [5, 5.41) is 4.16. The van der Waals surface area contributed by atoms with Gasteiger partial charge in [0.1, 0.15) is 0 Å². The van der Waals surface area contributed by atoms with Crippen LogP contribution < -0.4 is 5.32 Å². The molecule has 3 rings (SSSR count). The Kier molecular flexibility index (Phi) is 4.19. The molecule has 1 amide bonds. The number of carbonyl (C=O) groups excluding carboxylic acids is 1. The zero-order valence-electron chi connectivity index (χ0n) is 12.5. The first-order chi connectivity index (χ1) is 10.7. The lowest BCUT2D eigenvalue weighted by Crippen LogP contribution is -2.29. The zero-order valence-corrected chi connectivity index (χ0v) is 12.5. The van der Waals surface area contributed by atoms with Crippen LogP contribution in [0.4, 0.5) is 0 Å². The van der Waals surface area contributed by atoms with Gasteiger partial charge in [-0.05, 0) is 29.7 Å². The number of fused-ring (bicyclic) bond motifs is 1. The van der Waals surface area contributed by atoms with Crippen molar-refractivity contribution in [3.05, 3.63) is 66.1 Å². The highest BCUT2D eigenvalue weighted by Gasteiger charge is 2.15. The van der Waals surface area contributed by atoms with E-state index in [0.717, 1.165) is 17.5 Å². The smallest absolute Gasteiger partial charge is 0.223 e. The Morgan fingerprint density at radius 1 is 1.27 bits per heavy atom. The number of amides is 1. The van der Waals surface area contributed by atoms with E-state index >= 15 is 0 Å². The summed E-state index contributed by atoms with van der Waals surface area (Å²) in [6.07, 6.45) is 6.22. The topological polar surface area (TPSA) is 57.8 Å². The molecule has 4 nitrogen and oxygen atoms in total. The van der Waals surface area contributed by atoms with Gasteiger partial charge in [0.15, 0.2) is 0 Å². The molecule has 0 aliphatic rings. The molecule has 0 aliphatic heterocycles. The SMILES string of the molecule is CC(Cc1c[nH]c2ccccc12)C(=O)NCc1cccnc1. The second kappa shape index (κ2) is 6.43. The number of H-pyrrole nitrogens is 1. The van der Waals surface area contributed by atoms with Crippen LogP contribution >= 0.6 is 0 Å². The van der Waals surface area contributed by atoms with E-state index in [4.69, 9.17) is 0 Å². The Morgan fingerprint density at radius 2 is 2.14 bits per heavy atom. The summed E-state index contributed by atoms with van der Waals surface area (Å²) in [5.74, 6) is -0.00925. The van der Waals surface area contributed by atoms with Crippen molar-refractivity contribution in [1.29, 1.82) is 0 Å². The van der Waals surface area contributed by atoms with Gasteiger partial charge in [0.2, 0.25) is 5.91 Å². The molecule has 0 fully saturated rings. The average molecular weight is 293 g/mol.